The van der Waals surface area contributed by atoms with E-state index in [1.807, 2.05) is 19.1 Å². The first-order valence-corrected chi connectivity index (χ1v) is 8.15. The molecule has 1 amide bonds. The Morgan fingerprint density at radius 2 is 2.00 bits per heavy atom. The van der Waals surface area contributed by atoms with Crippen molar-refractivity contribution in [3.8, 4) is 0 Å². The number of rotatable bonds is 3. The van der Waals surface area contributed by atoms with Gasteiger partial charge in [-0.15, -0.1) is 12.4 Å². The molecule has 3 rings (SSSR count). The monoisotopic (exact) mass is 323 g/mol. The minimum atomic E-state index is -0.116. The second-order valence-corrected chi connectivity index (χ2v) is 6.16. The maximum absolute atomic E-state index is 12.5. The van der Waals surface area contributed by atoms with Crippen LogP contribution < -0.4 is 15.5 Å². The second-order valence-electron chi connectivity index (χ2n) is 6.16. The van der Waals surface area contributed by atoms with Crippen molar-refractivity contribution in [2.75, 3.05) is 23.3 Å². The molecule has 0 saturated heterocycles. The molecule has 1 saturated carbocycles. The molecular weight excluding hydrogens is 298 g/mol. The average molecular weight is 324 g/mol. The predicted octanol–water partition coefficient (Wildman–Crippen LogP) is 3.18. The first-order valence-electron chi connectivity index (χ1n) is 8.15. The summed E-state index contributed by atoms with van der Waals surface area (Å²) in [5.74, 6) is 0.165. The number of benzene rings is 1. The molecule has 2 aliphatic rings. The minimum Gasteiger partial charge on any atom is -0.382 e. The highest BCUT2D eigenvalue weighted by Crippen LogP contribution is 2.30. The zero-order valence-electron chi connectivity index (χ0n) is 13.2. The van der Waals surface area contributed by atoms with E-state index in [0.29, 0.717) is 6.04 Å². The van der Waals surface area contributed by atoms with E-state index in [2.05, 4.69) is 27.7 Å². The molecule has 1 aliphatic heterocycles. The largest absolute Gasteiger partial charge is 0.382 e. The van der Waals surface area contributed by atoms with Crippen LogP contribution in [0.4, 0.5) is 11.4 Å². The van der Waals surface area contributed by atoms with Crippen LogP contribution in [-0.4, -0.2) is 31.1 Å². The van der Waals surface area contributed by atoms with Crippen molar-refractivity contribution in [1.82, 2.24) is 5.32 Å². The van der Waals surface area contributed by atoms with Crippen molar-refractivity contribution < 1.29 is 4.79 Å². The van der Waals surface area contributed by atoms with Crippen molar-refractivity contribution >= 4 is 29.7 Å². The van der Waals surface area contributed by atoms with Crippen molar-refractivity contribution in [2.24, 2.45) is 0 Å². The molecule has 1 aromatic carbocycles. The van der Waals surface area contributed by atoms with Gasteiger partial charge >= 0.3 is 0 Å². The molecule has 1 aromatic rings. The molecule has 0 aromatic heterocycles. The zero-order valence-corrected chi connectivity index (χ0v) is 14.0. The Bertz CT molecular complexity index is 502. The van der Waals surface area contributed by atoms with Gasteiger partial charge in [0.05, 0.1) is 11.4 Å². The molecule has 122 valence electrons. The van der Waals surface area contributed by atoms with Crippen LogP contribution in [0.2, 0.25) is 0 Å². The fourth-order valence-corrected chi connectivity index (χ4v) is 3.42. The molecule has 4 nitrogen and oxygen atoms in total. The fraction of sp³-hybridized carbons (Fsp3) is 0.588. The molecular formula is C17H26ClN3O. The van der Waals surface area contributed by atoms with E-state index in [-0.39, 0.29) is 24.4 Å². The van der Waals surface area contributed by atoms with E-state index in [9.17, 15) is 4.79 Å². The molecule has 0 bridgehead atoms. The molecule has 1 aliphatic carbocycles. The first-order chi connectivity index (χ1) is 10.3. The van der Waals surface area contributed by atoms with Gasteiger partial charge in [0.2, 0.25) is 5.91 Å². The van der Waals surface area contributed by atoms with Crippen molar-refractivity contribution in [3.63, 3.8) is 0 Å². The Morgan fingerprint density at radius 1 is 1.27 bits per heavy atom. The van der Waals surface area contributed by atoms with Crippen LogP contribution >= 0.6 is 12.4 Å². The van der Waals surface area contributed by atoms with Crippen LogP contribution in [0.1, 0.15) is 39.0 Å². The quantitative estimate of drug-likeness (QED) is 0.898. The lowest BCUT2D eigenvalue weighted by Gasteiger charge is -2.36. The Hall–Kier alpha value is -1.42. The fourth-order valence-electron chi connectivity index (χ4n) is 3.42. The molecule has 1 heterocycles. The number of nitrogens with one attached hydrogen (secondary N) is 2. The summed E-state index contributed by atoms with van der Waals surface area (Å²) in [5.41, 5.74) is 2.26. The number of fused-ring (bicyclic) bond motifs is 1. The van der Waals surface area contributed by atoms with Crippen LogP contribution in [0, 0.1) is 0 Å². The topological polar surface area (TPSA) is 44.4 Å². The molecule has 5 heteroatoms. The van der Waals surface area contributed by atoms with Gasteiger partial charge in [-0.1, -0.05) is 31.4 Å². The number of carbonyl (C=O) groups is 1. The van der Waals surface area contributed by atoms with E-state index in [4.69, 9.17) is 0 Å². The molecule has 1 unspecified atom stereocenters. The van der Waals surface area contributed by atoms with Crippen molar-refractivity contribution in [2.45, 2.75) is 51.1 Å². The standard InChI is InChI=1S/C17H25N3O.ClH/c1-13(17(21)19-14-7-3-2-4-8-14)20-12-11-18-15-9-5-6-10-16(15)20;/h5-6,9-10,13-14,18H,2-4,7-8,11-12H2,1H3,(H,19,21);1H. The van der Waals surface area contributed by atoms with E-state index in [1.54, 1.807) is 0 Å². The van der Waals surface area contributed by atoms with Gasteiger partial charge in [-0.3, -0.25) is 4.79 Å². The van der Waals surface area contributed by atoms with E-state index >= 15 is 0 Å². The minimum absolute atomic E-state index is 0. The maximum Gasteiger partial charge on any atom is 0.242 e. The lowest BCUT2D eigenvalue weighted by molar-refractivity contribution is -0.123. The van der Waals surface area contributed by atoms with Gasteiger partial charge in [-0.2, -0.15) is 0 Å². The summed E-state index contributed by atoms with van der Waals surface area (Å²) in [6.07, 6.45) is 6.08. The molecule has 2 N–H and O–H groups in total. The molecule has 22 heavy (non-hydrogen) atoms. The van der Waals surface area contributed by atoms with Crippen molar-refractivity contribution in [3.05, 3.63) is 24.3 Å². The Kier molecular flexibility index (Phi) is 5.95. The predicted molar refractivity (Wildman–Crippen MR) is 94.0 cm³/mol. The SMILES string of the molecule is CC(C(=O)NC1CCCCC1)N1CCNc2ccccc21.Cl. The van der Waals surface area contributed by atoms with E-state index < -0.39 is 0 Å². The van der Waals surface area contributed by atoms with Gasteiger partial charge in [0, 0.05) is 19.1 Å². The van der Waals surface area contributed by atoms with Crippen LogP contribution in [0.3, 0.4) is 0 Å². The second kappa shape index (κ2) is 7.73. The summed E-state index contributed by atoms with van der Waals surface area (Å²) < 4.78 is 0. The highest BCUT2D eigenvalue weighted by Gasteiger charge is 2.27. The number of anilines is 2. The van der Waals surface area contributed by atoms with Gasteiger partial charge in [0.15, 0.2) is 0 Å². The normalized spacial score (nSPS) is 19.4. The third-order valence-electron chi connectivity index (χ3n) is 4.68. The molecule has 1 atom stereocenters. The summed E-state index contributed by atoms with van der Waals surface area (Å²) in [5, 5.41) is 6.64. The maximum atomic E-state index is 12.5. The Balaban J connectivity index is 0.00000176. The Morgan fingerprint density at radius 3 is 2.77 bits per heavy atom. The lowest BCUT2D eigenvalue weighted by atomic mass is 9.95. The molecule has 0 spiro atoms. The molecule has 1 fully saturated rings. The number of amides is 1. The van der Waals surface area contributed by atoms with Gasteiger partial charge in [-0.25, -0.2) is 0 Å². The Labute approximate surface area is 139 Å². The van der Waals surface area contributed by atoms with Crippen LogP contribution in [0.25, 0.3) is 0 Å². The summed E-state index contributed by atoms with van der Waals surface area (Å²) >= 11 is 0. The van der Waals surface area contributed by atoms with Gasteiger partial charge < -0.3 is 15.5 Å². The van der Waals surface area contributed by atoms with Crippen LogP contribution in [-0.2, 0) is 4.79 Å². The number of hydrogen-bond acceptors (Lipinski definition) is 3. The number of carbonyl (C=O) groups excluding carboxylic acids is 1. The summed E-state index contributed by atoms with van der Waals surface area (Å²) in [4.78, 5) is 14.8. The number of halogens is 1. The highest BCUT2D eigenvalue weighted by atomic mass is 35.5. The van der Waals surface area contributed by atoms with Crippen LogP contribution in [0.5, 0.6) is 0 Å². The van der Waals surface area contributed by atoms with E-state index in [1.165, 1.54) is 19.3 Å². The van der Waals surface area contributed by atoms with Crippen LogP contribution in [0.15, 0.2) is 24.3 Å². The average Bonchev–Trinajstić information content (AvgIpc) is 2.54. The zero-order chi connectivity index (χ0) is 14.7. The highest BCUT2D eigenvalue weighted by molar-refractivity contribution is 5.87. The van der Waals surface area contributed by atoms with Crippen molar-refractivity contribution in [1.29, 1.82) is 0 Å². The number of para-hydroxylation sites is 2. The first kappa shape index (κ1) is 16.9. The lowest BCUT2D eigenvalue weighted by Crippen LogP contribution is -2.51. The van der Waals surface area contributed by atoms with E-state index in [0.717, 1.165) is 37.3 Å². The number of hydrogen-bond donors (Lipinski definition) is 2. The smallest absolute Gasteiger partial charge is 0.242 e. The summed E-state index contributed by atoms with van der Waals surface area (Å²) in [7, 11) is 0. The van der Waals surface area contributed by atoms with Gasteiger partial charge in [0.25, 0.3) is 0 Å². The molecule has 0 radical (unpaired) electrons. The third kappa shape index (κ3) is 3.67. The summed E-state index contributed by atoms with van der Waals surface area (Å²) in [6.45, 7) is 3.77. The van der Waals surface area contributed by atoms with Gasteiger partial charge in [-0.05, 0) is 31.9 Å². The van der Waals surface area contributed by atoms with Gasteiger partial charge in [0.1, 0.15) is 6.04 Å². The third-order valence-corrected chi connectivity index (χ3v) is 4.68. The summed E-state index contributed by atoms with van der Waals surface area (Å²) in [6, 6.07) is 8.49. The number of nitrogens with zero attached hydrogens (tertiary/aromatic N) is 1.